The molecule has 0 spiro atoms. The van der Waals surface area contributed by atoms with E-state index in [-0.39, 0.29) is 11.7 Å². The zero-order chi connectivity index (χ0) is 17.4. The van der Waals surface area contributed by atoms with Crippen LogP contribution < -0.4 is 5.32 Å². The van der Waals surface area contributed by atoms with E-state index in [1.807, 2.05) is 66.7 Å². The first-order valence-corrected chi connectivity index (χ1v) is 8.15. The van der Waals surface area contributed by atoms with E-state index in [1.165, 1.54) is 6.92 Å². The van der Waals surface area contributed by atoms with Gasteiger partial charge >= 0.3 is 0 Å². The molecule has 0 aromatic heterocycles. The minimum atomic E-state index is -0.142. The van der Waals surface area contributed by atoms with Gasteiger partial charge in [0.2, 0.25) is 5.91 Å². The average molecular weight is 327 g/mol. The molecule has 0 radical (unpaired) electrons. The standard InChI is InChI=1S/C22H17NO2/c1-14(24)23-19-12-10-15-6-2-4-8-17(15)21(19)22-18-9-5-3-7-16(18)11-13-20(22)25/h2-13,25H,1H3,(H,23,24). The van der Waals surface area contributed by atoms with Gasteiger partial charge in [0.25, 0.3) is 0 Å². The Labute approximate surface area is 145 Å². The average Bonchev–Trinajstić information content (AvgIpc) is 2.62. The number of phenols is 1. The molecule has 0 heterocycles. The highest BCUT2D eigenvalue weighted by Crippen LogP contribution is 2.43. The van der Waals surface area contributed by atoms with Crippen LogP contribution in [0.5, 0.6) is 5.75 Å². The summed E-state index contributed by atoms with van der Waals surface area (Å²) in [5, 5.41) is 17.6. The number of carbonyl (C=O) groups is 1. The van der Waals surface area contributed by atoms with Crippen LogP contribution in [0.2, 0.25) is 0 Å². The van der Waals surface area contributed by atoms with Crippen LogP contribution in [0, 0.1) is 0 Å². The summed E-state index contributed by atoms with van der Waals surface area (Å²) in [6, 6.07) is 23.4. The lowest BCUT2D eigenvalue weighted by molar-refractivity contribution is -0.114. The number of amides is 1. The van der Waals surface area contributed by atoms with Crippen molar-refractivity contribution in [1.29, 1.82) is 0 Å². The Morgan fingerprint density at radius 1 is 0.760 bits per heavy atom. The molecular weight excluding hydrogens is 310 g/mol. The third-order valence-corrected chi connectivity index (χ3v) is 4.40. The second kappa shape index (κ2) is 5.95. The third kappa shape index (κ3) is 2.60. The molecule has 0 fully saturated rings. The lowest BCUT2D eigenvalue weighted by Gasteiger charge is -2.17. The molecule has 0 aliphatic rings. The maximum atomic E-state index is 11.7. The van der Waals surface area contributed by atoms with Crippen molar-refractivity contribution >= 4 is 33.1 Å². The second-order valence-electron chi connectivity index (χ2n) is 6.07. The van der Waals surface area contributed by atoms with Gasteiger partial charge in [0.15, 0.2) is 0 Å². The fraction of sp³-hybridized carbons (Fsp3) is 0.0455. The molecule has 2 N–H and O–H groups in total. The van der Waals surface area contributed by atoms with Gasteiger partial charge < -0.3 is 10.4 Å². The van der Waals surface area contributed by atoms with Crippen molar-refractivity contribution < 1.29 is 9.90 Å². The number of fused-ring (bicyclic) bond motifs is 2. The molecule has 0 saturated heterocycles. The SMILES string of the molecule is CC(=O)Nc1ccc2ccccc2c1-c1c(O)ccc2ccccc12. The number of anilines is 1. The Balaban J connectivity index is 2.16. The smallest absolute Gasteiger partial charge is 0.221 e. The van der Waals surface area contributed by atoms with Gasteiger partial charge in [-0.25, -0.2) is 0 Å². The molecule has 4 aromatic rings. The van der Waals surface area contributed by atoms with Crippen molar-refractivity contribution in [2.24, 2.45) is 0 Å². The maximum Gasteiger partial charge on any atom is 0.221 e. The van der Waals surface area contributed by atoms with Crippen LogP contribution in [0.1, 0.15) is 6.92 Å². The van der Waals surface area contributed by atoms with Gasteiger partial charge in [-0.1, -0.05) is 60.7 Å². The molecule has 4 aromatic carbocycles. The van der Waals surface area contributed by atoms with Gasteiger partial charge in [0.05, 0.1) is 0 Å². The van der Waals surface area contributed by atoms with Crippen molar-refractivity contribution in [3.8, 4) is 16.9 Å². The number of hydrogen-bond acceptors (Lipinski definition) is 2. The van der Waals surface area contributed by atoms with Gasteiger partial charge in [-0.2, -0.15) is 0 Å². The zero-order valence-electron chi connectivity index (χ0n) is 13.8. The predicted octanol–water partition coefficient (Wildman–Crippen LogP) is 5.32. The minimum Gasteiger partial charge on any atom is -0.507 e. The third-order valence-electron chi connectivity index (χ3n) is 4.40. The molecule has 0 bridgehead atoms. The van der Waals surface area contributed by atoms with Crippen molar-refractivity contribution in [2.45, 2.75) is 6.92 Å². The molecule has 122 valence electrons. The summed E-state index contributed by atoms with van der Waals surface area (Å²) in [6.45, 7) is 1.49. The highest BCUT2D eigenvalue weighted by Gasteiger charge is 2.17. The van der Waals surface area contributed by atoms with Gasteiger partial charge in [-0.15, -0.1) is 0 Å². The largest absolute Gasteiger partial charge is 0.507 e. The lowest BCUT2D eigenvalue weighted by Crippen LogP contribution is -2.07. The Hall–Kier alpha value is -3.33. The quantitative estimate of drug-likeness (QED) is 0.523. The van der Waals surface area contributed by atoms with Crippen molar-refractivity contribution in [3.05, 3.63) is 72.8 Å². The van der Waals surface area contributed by atoms with Gasteiger partial charge in [-0.05, 0) is 33.7 Å². The second-order valence-corrected chi connectivity index (χ2v) is 6.07. The summed E-state index contributed by atoms with van der Waals surface area (Å²) >= 11 is 0. The first-order valence-electron chi connectivity index (χ1n) is 8.15. The summed E-state index contributed by atoms with van der Waals surface area (Å²) < 4.78 is 0. The van der Waals surface area contributed by atoms with E-state index in [0.29, 0.717) is 5.69 Å². The van der Waals surface area contributed by atoms with Gasteiger partial charge in [0, 0.05) is 23.7 Å². The van der Waals surface area contributed by atoms with Crippen LogP contribution in [0.3, 0.4) is 0 Å². The molecule has 0 aliphatic carbocycles. The van der Waals surface area contributed by atoms with Crippen LogP contribution >= 0.6 is 0 Å². The van der Waals surface area contributed by atoms with Crippen molar-refractivity contribution in [1.82, 2.24) is 0 Å². The van der Waals surface area contributed by atoms with Crippen LogP contribution in [0.15, 0.2) is 72.8 Å². The first-order chi connectivity index (χ1) is 12.1. The van der Waals surface area contributed by atoms with Crippen LogP contribution in [-0.2, 0) is 4.79 Å². The Bertz CT molecular complexity index is 1120. The van der Waals surface area contributed by atoms with Crippen molar-refractivity contribution in [2.75, 3.05) is 5.32 Å². The number of carbonyl (C=O) groups excluding carboxylic acids is 1. The molecule has 0 saturated carbocycles. The van der Waals surface area contributed by atoms with Gasteiger partial charge in [-0.3, -0.25) is 4.79 Å². The molecule has 1 amide bonds. The van der Waals surface area contributed by atoms with Crippen molar-refractivity contribution in [3.63, 3.8) is 0 Å². The fourth-order valence-corrected chi connectivity index (χ4v) is 3.36. The minimum absolute atomic E-state index is 0.142. The maximum absolute atomic E-state index is 11.7. The molecule has 0 atom stereocenters. The van der Waals surface area contributed by atoms with Crippen LogP contribution in [0.4, 0.5) is 5.69 Å². The highest BCUT2D eigenvalue weighted by molar-refractivity contribution is 6.13. The van der Waals surface area contributed by atoms with E-state index in [4.69, 9.17) is 0 Å². The van der Waals surface area contributed by atoms with Crippen LogP contribution in [-0.4, -0.2) is 11.0 Å². The molecule has 25 heavy (non-hydrogen) atoms. The van der Waals surface area contributed by atoms with E-state index < -0.39 is 0 Å². The molecule has 4 rings (SSSR count). The van der Waals surface area contributed by atoms with E-state index >= 15 is 0 Å². The molecular formula is C22H17NO2. The van der Waals surface area contributed by atoms with E-state index in [1.54, 1.807) is 6.07 Å². The molecule has 3 heteroatoms. The zero-order valence-corrected chi connectivity index (χ0v) is 13.8. The topological polar surface area (TPSA) is 49.3 Å². The van der Waals surface area contributed by atoms with E-state index in [9.17, 15) is 9.90 Å². The first kappa shape index (κ1) is 15.2. The summed E-state index contributed by atoms with van der Waals surface area (Å²) in [4.78, 5) is 11.7. The highest BCUT2D eigenvalue weighted by atomic mass is 16.3. The Morgan fingerprint density at radius 2 is 1.32 bits per heavy atom. The van der Waals surface area contributed by atoms with Gasteiger partial charge in [0.1, 0.15) is 5.75 Å². The lowest BCUT2D eigenvalue weighted by atomic mass is 9.91. The number of nitrogens with one attached hydrogen (secondary N) is 1. The summed E-state index contributed by atoms with van der Waals surface area (Å²) in [5.74, 6) is 0.0536. The Morgan fingerprint density at radius 3 is 1.96 bits per heavy atom. The number of phenolic OH excluding ortho intramolecular Hbond substituents is 1. The number of benzene rings is 4. The van der Waals surface area contributed by atoms with E-state index in [2.05, 4.69) is 5.32 Å². The molecule has 0 unspecified atom stereocenters. The summed E-state index contributed by atoms with van der Waals surface area (Å²) in [5.41, 5.74) is 2.26. The van der Waals surface area contributed by atoms with E-state index in [0.717, 1.165) is 32.7 Å². The number of aromatic hydroxyl groups is 1. The molecule has 3 nitrogen and oxygen atoms in total. The predicted molar refractivity (Wildman–Crippen MR) is 103 cm³/mol. The summed E-state index contributed by atoms with van der Waals surface area (Å²) in [6.07, 6.45) is 0. The molecule has 0 aliphatic heterocycles. The number of rotatable bonds is 2. The monoisotopic (exact) mass is 327 g/mol. The normalized spacial score (nSPS) is 10.9. The fourth-order valence-electron chi connectivity index (χ4n) is 3.36. The summed E-state index contributed by atoms with van der Waals surface area (Å²) in [7, 11) is 0. The van der Waals surface area contributed by atoms with Crippen LogP contribution in [0.25, 0.3) is 32.7 Å². The Kier molecular flexibility index (Phi) is 3.62. The number of hydrogen-bond donors (Lipinski definition) is 2.